The average Bonchev–Trinajstić information content (AvgIpc) is 2.95. The van der Waals surface area contributed by atoms with E-state index in [-0.39, 0.29) is 5.91 Å². The van der Waals surface area contributed by atoms with Crippen molar-refractivity contribution < 1.29 is 9.18 Å². The molecule has 3 rings (SSSR count). The quantitative estimate of drug-likeness (QED) is 0.938. The highest BCUT2D eigenvalue weighted by molar-refractivity contribution is 7.13. The number of thiazole rings is 1. The Kier molecular flexibility index (Phi) is 4.80. The van der Waals surface area contributed by atoms with E-state index < -0.39 is 5.82 Å². The Morgan fingerprint density at radius 3 is 2.91 bits per heavy atom. The van der Waals surface area contributed by atoms with Crippen LogP contribution in [0.15, 0.2) is 29.6 Å². The standard InChI is InChI=1S/C16H18FN3OS/c17-13-6-4-5-12(9-13)15(21)19-16-18-14(11-22-16)10-20-7-2-1-3-8-20/h4-6,9,11H,1-3,7-8,10H2,(H,18,19,21). The Hall–Kier alpha value is -1.79. The molecule has 1 amide bonds. The van der Waals surface area contributed by atoms with Gasteiger partial charge in [-0.2, -0.15) is 0 Å². The summed E-state index contributed by atoms with van der Waals surface area (Å²) in [6.07, 6.45) is 3.79. The van der Waals surface area contributed by atoms with Crippen LogP contribution in [0.2, 0.25) is 0 Å². The van der Waals surface area contributed by atoms with Crippen LogP contribution < -0.4 is 5.32 Å². The van der Waals surface area contributed by atoms with E-state index in [1.54, 1.807) is 6.07 Å². The van der Waals surface area contributed by atoms with E-state index in [1.165, 1.54) is 48.8 Å². The summed E-state index contributed by atoms with van der Waals surface area (Å²) >= 11 is 1.40. The molecular weight excluding hydrogens is 301 g/mol. The van der Waals surface area contributed by atoms with E-state index in [0.29, 0.717) is 10.7 Å². The van der Waals surface area contributed by atoms with Gasteiger partial charge in [0.2, 0.25) is 0 Å². The molecule has 4 nitrogen and oxygen atoms in total. The van der Waals surface area contributed by atoms with Crippen LogP contribution in [0.3, 0.4) is 0 Å². The zero-order valence-electron chi connectivity index (χ0n) is 12.2. The number of amides is 1. The summed E-state index contributed by atoms with van der Waals surface area (Å²) in [5.41, 5.74) is 1.27. The van der Waals surface area contributed by atoms with Gasteiger partial charge in [0.15, 0.2) is 5.13 Å². The number of carbonyl (C=O) groups is 1. The van der Waals surface area contributed by atoms with Gasteiger partial charge >= 0.3 is 0 Å². The summed E-state index contributed by atoms with van der Waals surface area (Å²) in [7, 11) is 0. The second kappa shape index (κ2) is 6.98. The van der Waals surface area contributed by atoms with Crippen LogP contribution in [0.4, 0.5) is 9.52 Å². The fourth-order valence-electron chi connectivity index (χ4n) is 2.58. The first-order valence-electron chi connectivity index (χ1n) is 7.44. The Bertz CT molecular complexity index is 652. The molecule has 1 saturated heterocycles. The fraction of sp³-hybridized carbons (Fsp3) is 0.375. The molecule has 1 aliphatic heterocycles. The predicted octanol–water partition coefficient (Wildman–Crippen LogP) is 3.52. The van der Waals surface area contributed by atoms with Gasteiger partial charge in [0, 0.05) is 17.5 Å². The fourth-order valence-corrected chi connectivity index (χ4v) is 3.28. The lowest BCUT2D eigenvalue weighted by Gasteiger charge is -2.25. The van der Waals surface area contributed by atoms with Crippen LogP contribution in [0.1, 0.15) is 35.3 Å². The number of nitrogens with one attached hydrogen (secondary N) is 1. The molecule has 1 fully saturated rings. The molecule has 0 unspecified atom stereocenters. The summed E-state index contributed by atoms with van der Waals surface area (Å²) in [4.78, 5) is 18.9. The molecule has 0 atom stereocenters. The number of benzene rings is 1. The predicted molar refractivity (Wildman–Crippen MR) is 85.6 cm³/mol. The lowest BCUT2D eigenvalue weighted by Crippen LogP contribution is -2.29. The molecule has 6 heteroatoms. The van der Waals surface area contributed by atoms with Crippen LogP contribution in [0.5, 0.6) is 0 Å². The van der Waals surface area contributed by atoms with Crippen molar-refractivity contribution in [1.29, 1.82) is 0 Å². The van der Waals surface area contributed by atoms with E-state index in [4.69, 9.17) is 0 Å². The van der Waals surface area contributed by atoms with Crippen molar-refractivity contribution in [1.82, 2.24) is 9.88 Å². The monoisotopic (exact) mass is 319 g/mol. The van der Waals surface area contributed by atoms with Crippen molar-refractivity contribution in [2.45, 2.75) is 25.8 Å². The van der Waals surface area contributed by atoms with Gasteiger partial charge in [-0.25, -0.2) is 9.37 Å². The average molecular weight is 319 g/mol. The lowest BCUT2D eigenvalue weighted by atomic mass is 10.1. The van der Waals surface area contributed by atoms with Crippen molar-refractivity contribution in [3.8, 4) is 0 Å². The summed E-state index contributed by atoms with van der Waals surface area (Å²) < 4.78 is 13.1. The molecule has 0 bridgehead atoms. The molecule has 1 aromatic heterocycles. The number of hydrogen-bond donors (Lipinski definition) is 1. The van der Waals surface area contributed by atoms with Gasteiger partial charge < -0.3 is 0 Å². The minimum atomic E-state index is -0.419. The second-order valence-corrected chi connectivity index (χ2v) is 6.30. The van der Waals surface area contributed by atoms with E-state index in [2.05, 4.69) is 15.2 Å². The highest BCUT2D eigenvalue weighted by atomic mass is 32.1. The van der Waals surface area contributed by atoms with E-state index in [1.807, 2.05) is 5.38 Å². The van der Waals surface area contributed by atoms with Crippen molar-refractivity contribution in [2.24, 2.45) is 0 Å². The van der Waals surface area contributed by atoms with Crippen LogP contribution in [-0.4, -0.2) is 28.9 Å². The largest absolute Gasteiger partial charge is 0.298 e. The summed E-state index contributed by atoms with van der Waals surface area (Å²) in [5.74, 6) is -0.754. The normalized spacial score (nSPS) is 15.7. The van der Waals surface area contributed by atoms with E-state index in [9.17, 15) is 9.18 Å². The van der Waals surface area contributed by atoms with Crippen LogP contribution >= 0.6 is 11.3 Å². The van der Waals surface area contributed by atoms with E-state index >= 15 is 0 Å². The lowest BCUT2D eigenvalue weighted by molar-refractivity contribution is 0.102. The minimum absolute atomic E-state index is 0.299. The molecule has 1 N–H and O–H groups in total. The third-order valence-corrected chi connectivity index (χ3v) is 4.50. The maximum atomic E-state index is 13.1. The van der Waals surface area contributed by atoms with Crippen LogP contribution in [0, 0.1) is 5.82 Å². The number of aromatic nitrogens is 1. The molecule has 2 heterocycles. The summed E-state index contributed by atoms with van der Waals surface area (Å²) in [5, 5.41) is 5.25. The number of rotatable bonds is 4. The number of nitrogens with zero attached hydrogens (tertiary/aromatic N) is 2. The number of likely N-dealkylation sites (tertiary alicyclic amines) is 1. The summed E-state index contributed by atoms with van der Waals surface area (Å²) in [6, 6.07) is 5.64. The third-order valence-electron chi connectivity index (χ3n) is 3.69. The molecule has 0 spiro atoms. The topological polar surface area (TPSA) is 45.2 Å². The van der Waals surface area contributed by atoms with Gasteiger partial charge in [0.25, 0.3) is 5.91 Å². The van der Waals surface area contributed by atoms with Crippen molar-refractivity contribution in [2.75, 3.05) is 18.4 Å². The number of anilines is 1. The molecule has 1 aliphatic rings. The molecule has 0 radical (unpaired) electrons. The number of piperidine rings is 1. The highest BCUT2D eigenvalue weighted by Gasteiger charge is 2.14. The Balaban J connectivity index is 1.60. The molecule has 2 aromatic rings. The first-order chi connectivity index (χ1) is 10.7. The van der Waals surface area contributed by atoms with Gasteiger partial charge in [-0.15, -0.1) is 11.3 Å². The Morgan fingerprint density at radius 1 is 1.32 bits per heavy atom. The number of carbonyl (C=O) groups excluding carboxylic acids is 1. The minimum Gasteiger partial charge on any atom is -0.298 e. The van der Waals surface area contributed by atoms with Gasteiger partial charge in [0.1, 0.15) is 5.82 Å². The summed E-state index contributed by atoms with van der Waals surface area (Å²) in [6.45, 7) is 3.05. The molecule has 0 aliphatic carbocycles. The molecule has 22 heavy (non-hydrogen) atoms. The van der Waals surface area contributed by atoms with Gasteiger partial charge in [-0.1, -0.05) is 12.5 Å². The maximum absolute atomic E-state index is 13.1. The van der Waals surface area contributed by atoms with E-state index in [0.717, 1.165) is 25.3 Å². The first-order valence-corrected chi connectivity index (χ1v) is 8.32. The number of hydrogen-bond acceptors (Lipinski definition) is 4. The Morgan fingerprint density at radius 2 is 2.14 bits per heavy atom. The smallest absolute Gasteiger partial charge is 0.257 e. The highest BCUT2D eigenvalue weighted by Crippen LogP contribution is 2.19. The van der Waals surface area contributed by atoms with Crippen LogP contribution in [0.25, 0.3) is 0 Å². The van der Waals surface area contributed by atoms with Gasteiger partial charge in [-0.05, 0) is 44.1 Å². The third kappa shape index (κ3) is 3.90. The Labute approximate surface area is 133 Å². The SMILES string of the molecule is O=C(Nc1nc(CN2CCCCC2)cs1)c1cccc(F)c1. The number of halogens is 1. The zero-order valence-corrected chi connectivity index (χ0v) is 13.0. The maximum Gasteiger partial charge on any atom is 0.257 e. The van der Waals surface area contributed by atoms with Crippen molar-refractivity contribution in [3.05, 3.63) is 46.7 Å². The molecular formula is C16H18FN3OS. The van der Waals surface area contributed by atoms with Crippen LogP contribution in [-0.2, 0) is 6.54 Å². The molecule has 116 valence electrons. The molecule has 0 saturated carbocycles. The van der Waals surface area contributed by atoms with Crippen molar-refractivity contribution >= 4 is 22.4 Å². The zero-order chi connectivity index (χ0) is 15.4. The second-order valence-electron chi connectivity index (χ2n) is 5.45. The van der Waals surface area contributed by atoms with Gasteiger partial charge in [-0.3, -0.25) is 15.0 Å². The first kappa shape index (κ1) is 15.1. The van der Waals surface area contributed by atoms with Crippen molar-refractivity contribution in [3.63, 3.8) is 0 Å². The molecule has 1 aromatic carbocycles. The van der Waals surface area contributed by atoms with Gasteiger partial charge in [0.05, 0.1) is 5.69 Å².